The molecule has 0 aliphatic heterocycles. The summed E-state index contributed by atoms with van der Waals surface area (Å²) in [5.41, 5.74) is 5.54. The van der Waals surface area contributed by atoms with Crippen molar-refractivity contribution >= 4 is 23.1 Å². The number of rotatable bonds is 7. The Kier molecular flexibility index (Phi) is 6.17. The van der Waals surface area contributed by atoms with Gasteiger partial charge in [0.25, 0.3) is 0 Å². The molecule has 170 valence electrons. The smallest absolute Gasteiger partial charge is 0.224 e. The standard InChI is InChI=1S/C25H24FN3O4/c1-14-19(6-15-7-22(32-2)25(31)23(8-15)33-3)18-5-4-16(26)9-21(18)20(14)10-24(30)28-12-17-11-27-13-29-17/h4-9,11,13,31H,10,12H2,1-3H3,(H,27,29)(H,28,30)/b19-6-. The van der Waals surface area contributed by atoms with E-state index in [-0.39, 0.29) is 35.4 Å². The van der Waals surface area contributed by atoms with Gasteiger partial charge in [0.1, 0.15) is 5.82 Å². The van der Waals surface area contributed by atoms with Crippen LogP contribution in [0.4, 0.5) is 4.39 Å². The van der Waals surface area contributed by atoms with E-state index in [1.54, 1.807) is 30.7 Å². The number of imidazole rings is 1. The summed E-state index contributed by atoms with van der Waals surface area (Å²) in [6, 6.07) is 7.95. The quantitative estimate of drug-likeness (QED) is 0.500. The molecule has 1 aromatic heterocycles. The highest BCUT2D eigenvalue weighted by Crippen LogP contribution is 2.45. The number of hydrogen-bond donors (Lipinski definition) is 3. The minimum absolute atomic E-state index is 0.0852. The SMILES string of the molecule is COc1cc(/C=C2/C(C)=C(CC(=O)NCc3cnc[nH]3)c3cc(F)ccc32)cc(OC)c1O. The second-order valence-electron chi connectivity index (χ2n) is 7.66. The van der Waals surface area contributed by atoms with Gasteiger partial charge in [-0.2, -0.15) is 0 Å². The van der Waals surface area contributed by atoms with Gasteiger partial charge in [-0.15, -0.1) is 0 Å². The minimum atomic E-state index is -0.369. The van der Waals surface area contributed by atoms with Gasteiger partial charge in [0.15, 0.2) is 11.5 Å². The van der Waals surface area contributed by atoms with Crippen molar-refractivity contribution in [2.45, 2.75) is 19.9 Å². The molecule has 0 radical (unpaired) electrons. The molecule has 3 N–H and O–H groups in total. The van der Waals surface area contributed by atoms with Crippen molar-refractivity contribution in [2.75, 3.05) is 14.2 Å². The van der Waals surface area contributed by atoms with Crippen molar-refractivity contribution in [1.29, 1.82) is 0 Å². The van der Waals surface area contributed by atoms with E-state index in [4.69, 9.17) is 9.47 Å². The number of ether oxygens (including phenoxy) is 2. The molecule has 0 unspecified atom stereocenters. The van der Waals surface area contributed by atoms with Crippen LogP contribution in [0.2, 0.25) is 0 Å². The molecule has 4 rings (SSSR count). The highest BCUT2D eigenvalue weighted by molar-refractivity contribution is 6.08. The first-order chi connectivity index (χ1) is 15.9. The fourth-order valence-electron chi connectivity index (χ4n) is 3.94. The van der Waals surface area contributed by atoms with Crippen LogP contribution < -0.4 is 14.8 Å². The van der Waals surface area contributed by atoms with Crippen LogP contribution in [0.5, 0.6) is 17.2 Å². The van der Waals surface area contributed by atoms with E-state index in [1.165, 1.54) is 26.4 Å². The van der Waals surface area contributed by atoms with Crippen molar-refractivity contribution in [3.05, 3.63) is 76.6 Å². The molecular weight excluding hydrogens is 425 g/mol. The number of nitrogens with zero attached hydrogens (tertiary/aromatic N) is 1. The Labute approximate surface area is 190 Å². The predicted molar refractivity (Wildman–Crippen MR) is 123 cm³/mol. The molecule has 1 heterocycles. The average Bonchev–Trinajstić information content (AvgIpc) is 3.41. The predicted octanol–water partition coefficient (Wildman–Crippen LogP) is 4.31. The van der Waals surface area contributed by atoms with Crippen LogP contribution in [0.3, 0.4) is 0 Å². The number of allylic oxidation sites excluding steroid dienone is 2. The number of carbonyl (C=O) groups excluding carboxylic acids is 1. The maximum atomic E-state index is 14.1. The zero-order chi connectivity index (χ0) is 23.5. The number of phenols is 1. The van der Waals surface area contributed by atoms with Gasteiger partial charge in [-0.3, -0.25) is 4.79 Å². The summed E-state index contributed by atoms with van der Waals surface area (Å²) in [7, 11) is 2.92. The maximum absolute atomic E-state index is 14.1. The van der Waals surface area contributed by atoms with Crippen molar-refractivity contribution in [2.24, 2.45) is 0 Å². The Morgan fingerprint density at radius 3 is 2.55 bits per heavy atom. The molecule has 0 bridgehead atoms. The summed E-state index contributed by atoms with van der Waals surface area (Å²) in [5, 5.41) is 13.1. The molecule has 0 fully saturated rings. The van der Waals surface area contributed by atoms with Crippen LogP contribution in [0.25, 0.3) is 17.2 Å². The third kappa shape index (κ3) is 4.45. The van der Waals surface area contributed by atoms with Crippen molar-refractivity contribution < 1.29 is 23.8 Å². The maximum Gasteiger partial charge on any atom is 0.224 e. The number of phenolic OH excluding ortho intramolecular Hbond substituents is 1. The first-order valence-corrected chi connectivity index (χ1v) is 10.3. The summed E-state index contributed by atoms with van der Waals surface area (Å²) in [5.74, 6) is -0.0791. The zero-order valence-corrected chi connectivity index (χ0v) is 18.5. The van der Waals surface area contributed by atoms with Gasteiger partial charge in [0, 0.05) is 6.20 Å². The number of amides is 1. The van der Waals surface area contributed by atoms with Gasteiger partial charge in [-0.1, -0.05) is 6.07 Å². The summed E-state index contributed by atoms with van der Waals surface area (Å²) < 4.78 is 24.6. The summed E-state index contributed by atoms with van der Waals surface area (Å²) >= 11 is 0. The summed E-state index contributed by atoms with van der Waals surface area (Å²) in [6.45, 7) is 2.24. The Bertz CT molecular complexity index is 1240. The van der Waals surface area contributed by atoms with Crippen LogP contribution in [-0.4, -0.2) is 35.2 Å². The molecule has 1 amide bonds. The number of hydrogen-bond acceptors (Lipinski definition) is 5. The average molecular weight is 449 g/mol. The Hall–Kier alpha value is -4.07. The van der Waals surface area contributed by atoms with Gasteiger partial charge < -0.3 is 24.9 Å². The highest BCUT2D eigenvalue weighted by Gasteiger charge is 2.26. The number of H-pyrrole nitrogens is 1. The number of halogens is 1. The molecule has 0 spiro atoms. The fraction of sp³-hybridized carbons (Fsp3) is 0.200. The lowest BCUT2D eigenvalue weighted by molar-refractivity contribution is -0.120. The molecule has 8 heteroatoms. The van der Waals surface area contributed by atoms with Gasteiger partial charge >= 0.3 is 0 Å². The summed E-state index contributed by atoms with van der Waals surface area (Å²) in [4.78, 5) is 19.5. The number of aromatic amines is 1. The molecule has 7 nitrogen and oxygen atoms in total. The van der Waals surface area contributed by atoms with E-state index in [1.807, 2.05) is 13.0 Å². The van der Waals surface area contributed by atoms with Crippen molar-refractivity contribution in [3.8, 4) is 17.2 Å². The number of fused-ring (bicyclic) bond motifs is 1. The molecule has 2 aromatic carbocycles. The molecule has 1 aliphatic carbocycles. The second kappa shape index (κ2) is 9.20. The van der Waals surface area contributed by atoms with Gasteiger partial charge in [0.2, 0.25) is 11.7 Å². The molecule has 3 aromatic rings. The molecular formula is C25H24FN3O4. The van der Waals surface area contributed by atoms with E-state index in [9.17, 15) is 14.3 Å². The molecule has 1 aliphatic rings. The fourth-order valence-corrected chi connectivity index (χ4v) is 3.94. The lowest BCUT2D eigenvalue weighted by Gasteiger charge is -2.11. The van der Waals surface area contributed by atoms with E-state index < -0.39 is 0 Å². The number of carbonyl (C=O) groups is 1. The Morgan fingerprint density at radius 1 is 1.18 bits per heavy atom. The summed E-state index contributed by atoms with van der Waals surface area (Å²) in [6.07, 6.45) is 5.21. The van der Waals surface area contributed by atoms with Crippen LogP contribution in [0.1, 0.15) is 35.7 Å². The first kappa shape index (κ1) is 22.1. The third-order valence-electron chi connectivity index (χ3n) is 5.63. The zero-order valence-electron chi connectivity index (χ0n) is 18.5. The largest absolute Gasteiger partial charge is 0.502 e. The number of aromatic hydroxyl groups is 1. The Morgan fingerprint density at radius 2 is 1.91 bits per heavy atom. The molecule has 0 saturated heterocycles. The van der Waals surface area contributed by atoms with E-state index in [0.29, 0.717) is 12.1 Å². The molecule has 0 atom stereocenters. The van der Waals surface area contributed by atoms with E-state index >= 15 is 0 Å². The van der Waals surface area contributed by atoms with Gasteiger partial charge in [-0.25, -0.2) is 9.37 Å². The Balaban J connectivity index is 1.70. The van der Waals surface area contributed by atoms with Gasteiger partial charge in [0.05, 0.1) is 39.2 Å². The first-order valence-electron chi connectivity index (χ1n) is 10.3. The number of aromatic nitrogens is 2. The van der Waals surface area contributed by atoms with E-state index in [2.05, 4.69) is 15.3 Å². The molecule has 0 saturated carbocycles. The number of methoxy groups -OCH3 is 2. The monoisotopic (exact) mass is 449 g/mol. The minimum Gasteiger partial charge on any atom is -0.502 e. The van der Waals surface area contributed by atoms with Crippen molar-refractivity contribution in [3.63, 3.8) is 0 Å². The lowest BCUT2D eigenvalue weighted by atomic mass is 10.00. The third-order valence-corrected chi connectivity index (χ3v) is 5.63. The van der Waals surface area contributed by atoms with Crippen LogP contribution in [0.15, 0.2) is 48.4 Å². The van der Waals surface area contributed by atoms with Crippen molar-refractivity contribution in [1.82, 2.24) is 15.3 Å². The number of nitrogens with one attached hydrogen (secondary N) is 2. The van der Waals surface area contributed by atoms with E-state index in [0.717, 1.165) is 33.5 Å². The molecule has 33 heavy (non-hydrogen) atoms. The number of benzene rings is 2. The highest BCUT2D eigenvalue weighted by atomic mass is 19.1. The second-order valence-corrected chi connectivity index (χ2v) is 7.66. The topological polar surface area (TPSA) is 96.5 Å². The lowest BCUT2D eigenvalue weighted by Crippen LogP contribution is -2.22. The van der Waals surface area contributed by atoms with Crippen LogP contribution >= 0.6 is 0 Å². The normalized spacial score (nSPS) is 13.9. The van der Waals surface area contributed by atoms with Crippen LogP contribution in [-0.2, 0) is 11.3 Å². The van der Waals surface area contributed by atoms with Gasteiger partial charge in [-0.05, 0) is 70.7 Å². The van der Waals surface area contributed by atoms with Crippen LogP contribution in [0, 0.1) is 5.82 Å².